The first-order valence-corrected chi connectivity index (χ1v) is 6.72. The SMILES string of the molecule is O=C(NCc1cc(F)ccc1F)C1=C2C=C3CC3=C2C=C1. The van der Waals surface area contributed by atoms with Crippen LogP contribution in [0.4, 0.5) is 8.78 Å². The summed E-state index contributed by atoms with van der Waals surface area (Å²) in [5.74, 6) is -1.31. The second-order valence-corrected chi connectivity index (χ2v) is 5.32. The molecule has 0 spiro atoms. The minimum absolute atomic E-state index is 0.0322. The van der Waals surface area contributed by atoms with Crippen LogP contribution in [0.2, 0.25) is 0 Å². The van der Waals surface area contributed by atoms with Crippen LogP contribution in [0.5, 0.6) is 0 Å². The van der Waals surface area contributed by atoms with Crippen molar-refractivity contribution in [3.8, 4) is 0 Å². The zero-order valence-electron chi connectivity index (χ0n) is 11.0. The van der Waals surface area contributed by atoms with Crippen LogP contribution in [0.1, 0.15) is 12.0 Å². The number of nitrogens with one attached hydrogen (secondary N) is 1. The predicted octanol–water partition coefficient (Wildman–Crippen LogP) is 3.09. The molecule has 1 N–H and O–H groups in total. The second-order valence-electron chi connectivity index (χ2n) is 5.32. The van der Waals surface area contributed by atoms with Gasteiger partial charge in [0, 0.05) is 17.7 Å². The molecule has 21 heavy (non-hydrogen) atoms. The van der Waals surface area contributed by atoms with Gasteiger partial charge in [-0.25, -0.2) is 8.78 Å². The molecule has 1 saturated carbocycles. The summed E-state index contributed by atoms with van der Waals surface area (Å²) in [7, 11) is 0. The van der Waals surface area contributed by atoms with Crippen molar-refractivity contribution >= 4 is 5.91 Å². The molecule has 1 amide bonds. The number of allylic oxidation sites excluding steroid dienone is 6. The molecule has 0 aromatic heterocycles. The highest BCUT2D eigenvalue weighted by Crippen LogP contribution is 2.51. The number of carbonyl (C=O) groups excluding carboxylic acids is 1. The average molecular weight is 283 g/mol. The van der Waals surface area contributed by atoms with Gasteiger partial charge in [-0.3, -0.25) is 4.79 Å². The van der Waals surface area contributed by atoms with E-state index >= 15 is 0 Å². The van der Waals surface area contributed by atoms with Crippen molar-refractivity contribution in [2.45, 2.75) is 13.0 Å². The largest absolute Gasteiger partial charge is 0.348 e. The highest BCUT2D eigenvalue weighted by molar-refractivity contribution is 6.01. The molecule has 104 valence electrons. The van der Waals surface area contributed by atoms with Crippen LogP contribution in [0.3, 0.4) is 0 Å². The van der Waals surface area contributed by atoms with Crippen molar-refractivity contribution in [1.82, 2.24) is 5.32 Å². The van der Waals surface area contributed by atoms with Crippen molar-refractivity contribution in [3.05, 3.63) is 81.5 Å². The molecule has 0 heterocycles. The maximum Gasteiger partial charge on any atom is 0.252 e. The number of benzene rings is 1. The van der Waals surface area contributed by atoms with Gasteiger partial charge in [0.05, 0.1) is 0 Å². The third-order valence-corrected chi connectivity index (χ3v) is 3.96. The molecular weight excluding hydrogens is 272 g/mol. The van der Waals surface area contributed by atoms with Crippen LogP contribution in [0.15, 0.2) is 64.3 Å². The van der Waals surface area contributed by atoms with Gasteiger partial charge in [-0.05, 0) is 59.1 Å². The molecular formula is C17H11F2NO. The number of carbonyl (C=O) groups is 1. The Balaban J connectivity index is 1.52. The van der Waals surface area contributed by atoms with Crippen LogP contribution in [0.25, 0.3) is 0 Å². The van der Waals surface area contributed by atoms with E-state index < -0.39 is 11.6 Å². The average Bonchev–Trinajstić information content (AvgIpc) is 2.94. The number of amides is 1. The molecule has 0 atom stereocenters. The molecule has 1 fully saturated rings. The lowest BCUT2D eigenvalue weighted by Gasteiger charge is -2.07. The quantitative estimate of drug-likeness (QED) is 0.907. The zero-order chi connectivity index (χ0) is 14.6. The first-order chi connectivity index (χ1) is 10.1. The van der Waals surface area contributed by atoms with Crippen molar-refractivity contribution in [2.24, 2.45) is 0 Å². The van der Waals surface area contributed by atoms with Gasteiger partial charge in [-0.1, -0.05) is 6.08 Å². The summed E-state index contributed by atoms with van der Waals surface area (Å²) in [6.45, 7) is -0.0322. The van der Waals surface area contributed by atoms with E-state index in [-0.39, 0.29) is 18.0 Å². The Morgan fingerprint density at radius 2 is 2.05 bits per heavy atom. The molecule has 0 unspecified atom stereocenters. The highest BCUT2D eigenvalue weighted by atomic mass is 19.1. The van der Waals surface area contributed by atoms with Crippen LogP contribution in [-0.4, -0.2) is 5.91 Å². The number of fused-ring (bicyclic) bond motifs is 2. The second kappa shape index (κ2) is 4.25. The lowest BCUT2D eigenvalue weighted by molar-refractivity contribution is -0.117. The fourth-order valence-electron chi connectivity index (χ4n) is 2.78. The van der Waals surface area contributed by atoms with Gasteiger partial charge in [0.2, 0.25) is 0 Å². The molecule has 0 radical (unpaired) electrons. The summed E-state index contributed by atoms with van der Waals surface area (Å²) in [6.07, 6.45) is 6.77. The number of hydrogen-bond donors (Lipinski definition) is 1. The van der Waals surface area contributed by atoms with Gasteiger partial charge in [0.25, 0.3) is 5.91 Å². The van der Waals surface area contributed by atoms with Crippen molar-refractivity contribution < 1.29 is 13.6 Å². The predicted molar refractivity (Wildman–Crippen MR) is 74.1 cm³/mol. The molecule has 4 rings (SSSR count). The Morgan fingerprint density at radius 1 is 1.19 bits per heavy atom. The number of rotatable bonds is 3. The fraction of sp³-hybridized carbons (Fsp3) is 0.118. The minimum Gasteiger partial charge on any atom is -0.348 e. The Hall–Kier alpha value is -2.49. The van der Waals surface area contributed by atoms with E-state index in [1.165, 1.54) is 11.1 Å². The summed E-state index contributed by atoms with van der Waals surface area (Å²) in [5, 5.41) is 2.64. The standard InChI is InChI=1S/C17H11F2NO/c18-11-1-4-16(19)10(5-11)8-20-17(21)13-3-2-12-14-6-9(14)7-15(12)13/h1-5,7H,6,8H2,(H,20,21). The molecule has 3 aliphatic carbocycles. The highest BCUT2D eigenvalue weighted by Gasteiger charge is 2.35. The van der Waals surface area contributed by atoms with E-state index in [9.17, 15) is 13.6 Å². The molecule has 3 aliphatic rings. The van der Waals surface area contributed by atoms with Gasteiger partial charge in [-0.2, -0.15) is 0 Å². The number of hydrogen-bond acceptors (Lipinski definition) is 1. The van der Waals surface area contributed by atoms with Crippen LogP contribution < -0.4 is 5.32 Å². The van der Waals surface area contributed by atoms with Crippen LogP contribution in [-0.2, 0) is 11.3 Å². The zero-order valence-corrected chi connectivity index (χ0v) is 11.0. The fourth-order valence-corrected chi connectivity index (χ4v) is 2.78. The summed E-state index contributed by atoms with van der Waals surface area (Å²) < 4.78 is 26.6. The van der Waals surface area contributed by atoms with E-state index in [0.29, 0.717) is 5.57 Å². The maximum absolute atomic E-state index is 13.5. The van der Waals surface area contributed by atoms with Gasteiger partial charge in [0.15, 0.2) is 0 Å². The molecule has 1 aromatic rings. The van der Waals surface area contributed by atoms with Gasteiger partial charge >= 0.3 is 0 Å². The topological polar surface area (TPSA) is 29.1 Å². The Kier molecular flexibility index (Phi) is 2.48. The van der Waals surface area contributed by atoms with E-state index in [4.69, 9.17) is 0 Å². The minimum atomic E-state index is -0.525. The summed E-state index contributed by atoms with van der Waals surface area (Å²) in [4.78, 5) is 12.2. The lowest BCUT2D eigenvalue weighted by atomic mass is 10.1. The van der Waals surface area contributed by atoms with Crippen molar-refractivity contribution in [1.29, 1.82) is 0 Å². The third kappa shape index (κ3) is 1.95. The summed E-state index contributed by atoms with van der Waals surface area (Å²) >= 11 is 0. The third-order valence-electron chi connectivity index (χ3n) is 3.96. The maximum atomic E-state index is 13.5. The summed E-state index contributed by atoms with van der Waals surface area (Å²) in [6, 6.07) is 3.21. The van der Waals surface area contributed by atoms with Crippen molar-refractivity contribution in [3.63, 3.8) is 0 Å². The Bertz CT molecular complexity index is 812. The first kappa shape index (κ1) is 12.3. The molecule has 0 aliphatic heterocycles. The van der Waals surface area contributed by atoms with E-state index in [2.05, 4.69) is 5.32 Å². The van der Waals surface area contributed by atoms with Gasteiger partial charge < -0.3 is 5.32 Å². The van der Waals surface area contributed by atoms with E-state index in [1.807, 2.05) is 12.2 Å². The van der Waals surface area contributed by atoms with Gasteiger partial charge in [0.1, 0.15) is 11.6 Å². The molecule has 4 heteroatoms. The normalized spacial score (nSPS) is 17.9. The summed E-state index contributed by atoms with van der Waals surface area (Å²) in [5.41, 5.74) is 5.43. The monoisotopic (exact) mass is 283 g/mol. The van der Waals surface area contributed by atoms with Crippen molar-refractivity contribution in [2.75, 3.05) is 0 Å². The Labute approximate surface area is 120 Å². The smallest absolute Gasteiger partial charge is 0.252 e. The molecule has 1 aromatic carbocycles. The number of halogens is 2. The molecule has 2 nitrogen and oxygen atoms in total. The van der Waals surface area contributed by atoms with Gasteiger partial charge in [-0.15, -0.1) is 0 Å². The van der Waals surface area contributed by atoms with E-state index in [1.54, 1.807) is 6.08 Å². The molecule has 0 saturated heterocycles. The Morgan fingerprint density at radius 3 is 2.90 bits per heavy atom. The first-order valence-electron chi connectivity index (χ1n) is 6.72. The van der Waals surface area contributed by atoms with Crippen LogP contribution in [0, 0.1) is 11.6 Å². The van der Waals surface area contributed by atoms with E-state index in [0.717, 1.165) is 35.8 Å². The van der Waals surface area contributed by atoms with Crippen LogP contribution >= 0.6 is 0 Å². The molecule has 0 bridgehead atoms. The lowest BCUT2D eigenvalue weighted by Crippen LogP contribution is -2.24.